The summed E-state index contributed by atoms with van der Waals surface area (Å²) in [4.78, 5) is 8.62. The van der Waals surface area contributed by atoms with Crippen LogP contribution in [0.4, 0.5) is 0 Å². The lowest BCUT2D eigenvalue weighted by molar-refractivity contribution is 0.0526. The Morgan fingerprint density at radius 1 is 0.789 bits per heavy atom. The molecule has 300 valence electrons. The zero-order valence-electron chi connectivity index (χ0n) is 33.4. The molecule has 0 radical (unpaired) electrons. The van der Waals surface area contributed by atoms with Crippen molar-refractivity contribution < 1.29 is 33.9 Å². The van der Waals surface area contributed by atoms with Crippen LogP contribution in [-0.2, 0) is 32.3 Å². The molecule has 5 aliphatic heterocycles. The van der Waals surface area contributed by atoms with Gasteiger partial charge in [-0.3, -0.25) is 14.7 Å². The van der Waals surface area contributed by atoms with Crippen LogP contribution in [0.5, 0.6) is 40.2 Å². The number of β-amino-alcohol motifs (C(OH)–C–C–N with tert-alkyl or cyclic N) is 1. The molecule has 1 unspecified atom stereocenters. The zero-order chi connectivity index (χ0) is 39.6. The number of hydrogen-bond acceptors (Lipinski definition) is 12. The van der Waals surface area contributed by atoms with E-state index in [1.165, 1.54) is 11.1 Å². The fourth-order valence-corrected chi connectivity index (χ4v) is 8.83. The van der Waals surface area contributed by atoms with E-state index in [-0.39, 0.29) is 25.3 Å². The summed E-state index contributed by atoms with van der Waals surface area (Å²) in [5.74, 6) is 4.04. The van der Waals surface area contributed by atoms with Crippen LogP contribution < -0.4 is 23.7 Å². The first-order valence-corrected chi connectivity index (χ1v) is 19.9. The van der Waals surface area contributed by atoms with Crippen molar-refractivity contribution in [3.05, 3.63) is 99.6 Å². The second-order valence-electron chi connectivity index (χ2n) is 15.7. The average molecular weight is 776 g/mol. The van der Waals surface area contributed by atoms with E-state index in [2.05, 4.69) is 71.4 Å². The molecule has 0 saturated carbocycles. The van der Waals surface area contributed by atoms with Crippen molar-refractivity contribution in [3.8, 4) is 46.4 Å². The normalized spacial score (nSPS) is 20.3. The van der Waals surface area contributed by atoms with E-state index < -0.39 is 6.10 Å². The molecule has 57 heavy (non-hydrogen) atoms. The van der Waals surface area contributed by atoms with Gasteiger partial charge >= 0.3 is 0 Å². The van der Waals surface area contributed by atoms with Gasteiger partial charge in [-0.2, -0.15) is 5.26 Å². The fraction of sp³-hybridized carbons (Fsp3) is 0.444. The number of rotatable bonds is 8. The number of hydrogen-bond donors (Lipinski definition) is 2. The largest absolute Gasteiger partial charge is 0.493 e. The van der Waals surface area contributed by atoms with E-state index in [1.54, 1.807) is 19.1 Å². The quantitative estimate of drug-likeness (QED) is 0.221. The van der Waals surface area contributed by atoms with Crippen LogP contribution in [0.25, 0.3) is 0 Å². The van der Waals surface area contributed by atoms with E-state index in [0.717, 1.165) is 60.4 Å². The van der Waals surface area contributed by atoms with Gasteiger partial charge in [-0.25, -0.2) is 0 Å². The van der Waals surface area contributed by atoms with Crippen LogP contribution in [0.1, 0.15) is 51.0 Å². The van der Waals surface area contributed by atoms with Crippen molar-refractivity contribution in [2.45, 2.75) is 50.5 Å². The Bertz CT molecular complexity index is 2110. The van der Waals surface area contributed by atoms with Gasteiger partial charge in [0.25, 0.3) is 0 Å². The maximum atomic E-state index is 11.3. The average Bonchev–Trinajstić information content (AvgIpc) is 3.22. The third-order valence-corrected chi connectivity index (χ3v) is 12.1. The van der Waals surface area contributed by atoms with E-state index in [0.29, 0.717) is 79.2 Å². The number of piperazine rings is 1. The molecule has 2 N–H and O–H groups in total. The molecule has 4 aromatic carbocycles. The molecule has 1 saturated heterocycles. The molecular weight excluding hydrogens is 723 g/mol. The molecule has 4 aromatic rings. The lowest BCUT2D eigenvalue weighted by Gasteiger charge is -2.38. The van der Waals surface area contributed by atoms with Gasteiger partial charge in [0.2, 0.25) is 5.75 Å². The summed E-state index contributed by atoms with van der Waals surface area (Å²) >= 11 is 0. The monoisotopic (exact) mass is 775 g/mol. The first-order valence-electron chi connectivity index (χ1n) is 19.9. The number of nitriles is 1. The summed E-state index contributed by atoms with van der Waals surface area (Å²) in [7, 11) is 7.58. The Morgan fingerprint density at radius 2 is 1.49 bits per heavy atom. The van der Waals surface area contributed by atoms with Crippen LogP contribution in [0.3, 0.4) is 0 Å². The Labute approximate surface area is 335 Å². The predicted octanol–water partition coefficient (Wildman–Crippen LogP) is 5.48. The van der Waals surface area contributed by atoms with Gasteiger partial charge in [-0.15, -0.1) is 0 Å². The van der Waals surface area contributed by atoms with Gasteiger partial charge in [0.15, 0.2) is 29.2 Å². The molecule has 0 aliphatic carbocycles. The Kier molecular flexibility index (Phi) is 11.5. The minimum Gasteiger partial charge on any atom is -0.493 e. The molecule has 0 spiro atoms. The van der Waals surface area contributed by atoms with Crippen LogP contribution >= 0.6 is 0 Å². The van der Waals surface area contributed by atoms with Gasteiger partial charge in [-0.05, 0) is 110 Å². The highest BCUT2D eigenvalue weighted by Gasteiger charge is 2.35. The van der Waals surface area contributed by atoms with Crippen molar-refractivity contribution in [3.63, 3.8) is 0 Å². The van der Waals surface area contributed by atoms with E-state index in [4.69, 9.17) is 23.7 Å². The maximum Gasteiger partial charge on any atom is 0.204 e. The van der Waals surface area contributed by atoms with Gasteiger partial charge in [0, 0.05) is 69.0 Å². The van der Waals surface area contributed by atoms with Gasteiger partial charge in [-0.1, -0.05) is 18.2 Å². The topological polar surface area (TPSA) is 123 Å². The highest BCUT2D eigenvalue weighted by molar-refractivity contribution is 5.63. The number of benzene rings is 4. The number of aliphatic hydroxyl groups is 2. The van der Waals surface area contributed by atoms with Crippen LogP contribution in [0.2, 0.25) is 0 Å². The van der Waals surface area contributed by atoms with E-state index in [1.807, 2.05) is 24.3 Å². The van der Waals surface area contributed by atoms with E-state index >= 15 is 0 Å². The molecule has 5 aliphatic rings. The molecule has 3 atom stereocenters. The summed E-state index contributed by atoms with van der Waals surface area (Å²) in [6.45, 7) is 4.59. The Balaban J connectivity index is 1.26. The summed E-state index contributed by atoms with van der Waals surface area (Å²) in [5.41, 5.74) is 7.37. The molecule has 9 rings (SSSR count). The van der Waals surface area contributed by atoms with Gasteiger partial charge < -0.3 is 38.8 Å². The van der Waals surface area contributed by atoms with Crippen LogP contribution in [-0.4, -0.2) is 117 Å². The number of fused-ring (bicyclic) bond motifs is 2. The third kappa shape index (κ3) is 8.08. The molecule has 12 nitrogen and oxygen atoms in total. The first kappa shape index (κ1) is 38.8. The third-order valence-electron chi connectivity index (χ3n) is 12.1. The molecule has 5 heterocycles. The van der Waals surface area contributed by atoms with Crippen molar-refractivity contribution >= 4 is 0 Å². The minimum atomic E-state index is -0.802. The number of methoxy groups -OCH3 is 2. The minimum absolute atomic E-state index is 0.00600. The van der Waals surface area contributed by atoms with Gasteiger partial charge in [0.05, 0.1) is 20.8 Å². The van der Waals surface area contributed by atoms with Crippen LogP contribution in [0.15, 0.2) is 60.7 Å². The van der Waals surface area contributed by atoms with E-state index in [9.17, 15) is 15.5 Å². The molecular formula is C45H53N5O7. The standard InChI is InChI=1S/C45H53N5O7/c1-47-13-11-31-22-33(26-51)40-24-36(31)37(47)19-29-5-8-35(9-6-29)56-41-21-30(7-10-39(41)53-3)20-38-43-32(12-14-48(38)2)23-42(54-4)44(45(43)57-40)55-27-34(52)25-49-15-17-50(28-46)18-16-49/h5-10,21-24,34,37-38,51-52H,11-20,25-27H2,1-4H3/t34?,37-,38-/m0/s1. The molecule has 12 heteroatoms. The van der Waals surface area contributed by atoms with Crippen molar-refractivity contribution in [1.29, 1.82) is 5.26 Å². The van der Waals surface area contributed by atoms with Crippen molar-refractivity contribution in [1.82, 2.24) is 19.6 Å². The fourth-order valence-electron chi connectivity index (χ4n) is 8.83. The number of nitrogens with zero attached hydrogens (tertiary/aromatic N) is 5. The van der Waals surface area contributed by atoms with Crippen molar-refractivity contribution in [2.75, 3.05) is 80.7 Å². The highest BCUT2D eigenvalue weighted by atomic mass is 16.5. The molecule has 0 aromatic heterocycles. The number of aliphatic hydroxyl groups excluding tert-OH is 2. The lowest BCUT2D eigenvalue weighted by Crippen LogP contribution is -2.47. The number of likely N-dealkylation sites (N-methyl/N-ethyl adjacent to an activating group) is 2. The predicted molar refractivity (Wildman–Crippen MR) is 216 cm³/mol. The van der Waals surface area contributed by atoms with Gasteiger partial charge in [0.1, 0.15) is 24.2 Å². The second-order valence-corrected chi connectivity index (χ2v) is 15.7. The summed E-state index contributed by atoms with van der Waals surface area (Å²) in [6.07, 6.45) is 4.45. The smallest absolute Gasteiger partial charge is 0.204 e. The summed E-state index contributed by atoms with van der Waals surface area (Å²) in [5, 5.41) is 31.5. The first-order chi connectivity index (χ1) is 27.7. The lowest BCUT2D eigenvalue weighted by atomic mass is 9.86. The summed E-state index contributed by atoms with van der Waals surface area (Å²) in [6, 6.07) is 20.6. The summed E-state index contributed by atoms with van der Waals surface area (Å²) < 4.78 is 32.1. The van der Waals surface area contributed by atoms with Crippen LogP contribution in [0, 0.1) is 11.5 Å². The molecule has 0 amide bonds. The SMILES string of the molecule is COc1ccc2cc1Oc1ccc(cc1)C[C@H]1c3cc(c(CO)cc3CCN1C)Oc1c(OCC(O)CN3CCN(C#N)CC3)c(OC)cc3c1[C@H](C2)N(C)CC3. The Morgan fingerprint density at radius 3 is 2.21 bits per heavy atom. The maximum absolute atomic E-state index is 11.3. The highest BCUT2D eigenvalue weighted by Crippen LogP contribution is 2.51. The zero-order valence-corrected chi connectivity index (χ0v) is 33.4. The molecule has 6 bridgehead atoms. The Hall–Kier alpha value is -5.03. The van der Waals surface area contributed by atoms with Crippen molar-refractivity contribution in [2.24, 2.45) is 0 Å². The second kappa shape index (κ2) is 16.8. The molecule has 1 fully saturated rings. The number of ether oxygens (including phenoxy) is 5.